The van der Waals surface area contributed by atoms with Crippen LogP contribution in [0.15, 0.2) is 24.3 Å². The molecule has 1 aromatic heterocycles. The van der Waals surface area contributed by atoms with Gasteiger partial charge in [0.2, 0.25) is 0 Å². The Balaban J connectivity index is 2.92. The number of benzene rings is 1. The lowest BCUT2D eigenvalue weighted by Gasteiger charge is -1.85. The molecule has 3 N–H and O–H groups in total. The molecule has 56 valence electrons. The number of H-pyrrole nitrogens is 1. The van der Waals surface area contributed by atoms with Crippen molar-refractivity contribution in [1.82, 2.24) is 4.98 Å². The topological polar surface area (TPSA) is 41.8 Å². The molecule has 0 unspecified atom stereocenters. The van der Waals surface area contributed by atoms with E-state index in [-0.39, 0.29) is 0 Å². The summed E-state index contributed by atoms with van der Waals surface area (Å²) in [5.74, 6) is 0.535. The summed E-state index contributed by atoms with van der Waals surface area (Å²) in [4.78, 5) is 2.97. The van der Waals surface area contributed by atoms with Gasteiger partial charge in [-0.2, -0.15) is 0 Å². The smallest absolute Gasteiger partial charge is 0.120 e. The van der Waals surface area contributed by atoms with E-state index in [0.29, 0.717) is 10.8 Å². The maximum atomic E-state index is 5.89. The minimum atomic E-state index is 0.535. The van der Waals surface area contributed by atoms with Gasteiger partial charge in [0.25, 0.3) is 0 Å². The number of hydrogen-bond acceptors (Lipinski definition) is 1. The molecule has 0 saturated carbocycles. The SMILES string of the molecule is Nc1[nH]c2ccccc2c1Cl. The standard InChI is InChI=1S/C8H7ClN2/c9-7-5-3-1-2-4-6(5)11-8(7)10/h1-4,11H,10H2. The Hall–Kier alpha value is -1.15. The van der Waals surface area contributed by atoms with Crippen LogP contribution in [0, 0.1) is 0 Å². The molecule has 0 atom stereocenters. The normalized spacial score (nSPS) is 10.6. The Bertz CT molecular complexity index is 392. The van der Waals surface area contributed by atoms with Crippen LogP contribution in [0.25, 0.3) is 10.9 Å². The van der Waals surface area contributed by atoms with Crippen LogP contribution in [0.5, 0.6) is 0 Å². The molecular weight excluding hydrogens is 160 g/mol. The Morgan fingerprint density at radius 3 is 2.73 bits per heavy atom. The highest BCUT2D eigenvalue weighted by atomic mass is 35.5. The summed E-state index contributed by atoms with van der Waals surface area (Å²) in [5.41, 5.74) is 6.55. The summed E-state index contributed by atoms with van der Waals surface area (Å²) in [6.07, 6.45) is 0. The monoisotopic (exact) mass is 166 g/mol. The molecule has 1 heterocycles. The van der Waals surface area contributed by atoms with Crippen molar-refractivity contribution in [3.8, 4) is 0 Å². The van der Waals surface area contributed by atoms with Gasteiger partial charge in [-0.05, 0) is 6.07 Å². The second-order valence-electron chi connectivity index (χ2n) is 2.40. The van der Waals surface area contributed by atoms with E-state index in [1.807, 2.05) is 24.3 Å². The van der Waals surface area contributed by atoms with Crippen LogP contribution in [0.2, 0.25) is 5.02 Å². The minimum Gasteiger partial charge on any atom is -0.384 e. The number of aromatic nitrogens is 1. The summed E-state index contributed by atoms with van der Waals surface area (Å²) in [7, 11) is 0. The molecule has 1 aromatic carbocycles. The number of hydrogen-bond donors (Lipinski definition) is 2. The van der Waals surface area contributed by atoms with Crippen molar-refractivity contribution < 1.29 is 0 Å². The van der Waals surface area contributed by atoms with Crippen LogP contribution >= 0.6 is 11.6 Å². The number of halogens is 1. The Kier molecular flexibility index (Phi) is 1.29. The third-order valence-electron chi connectivity index (χ3n) is 1.67. The first kappa shape index (κ1) is 6.55. The van der Waals surface area contributed by atoms with Gasteiger partial charge in [-0.15, -0.1) is 0 Å². The van der Waals surface area contributed by atoms with Crippen LogP contribution in [-0.4, -0.2) is 4.98 Å². The van der Waals surface area contributed by atoms with Crippen LogP contribution < -0.4 is 5.73 Å². The van der Waals surface area contributed by atoms with E-state index < -0.39 is 0 Å². The van der Waals surface area contributed by atoms with E-state index in [1.54, 1.807) is 0 Å². The van der Waals surface area contributed by atoms with Crippen molar-refractivity contribution in [3.63, 3.8) is 0 Å². The molecule has 0 aliphatic heterocycles. The lowest BCUT2D eigenvalue weighted by Crippen LogP contribution is -1.82. The summed E-state index contributed by atoms with van der Waals surface area (Å²) in [6.45, 7) is 0. The number of fused-ring (bicyclic) bond motifs is 1. The van der Waals surface area contributed by atoms with Gasteiger partial charge in [-0.1, -0.05) is 29.8 Å². The lowest BCUT2D eigenvalue weighted by molar-refractivity contribution is 1.47. The molecule has 0 radical (unpaired) electrons. The third-order valence-corrected chi connectivity index (χ3v) is 2.08. The van der Waals surface area contributed by atoms with Gasteiger partial charge in [0.15, 0.2) is 0 Å². The van der Waals surface area contributed by atoms with E-state index in [2.05, 4.69) is 4.98 Å². The maximum Gasteiger partial charge on any atom is 0.120 e. The van der Waals surface area contributed by atoms with E-state index >= 15 is 0 Å². The predicted molar refractivity (Wildman–Crippen MR) is 47.7 cm³/mol. The van der Waals surface area contributed by atoms with E-state index in [4.69, 9.17) is 17.3 Å². The van der Waals surface area contributed by atoms with Crippen molar-refractivity contribution in [2.75, 3.05) is 5.73 Å². The number of nitrogen functional groups attached to an aromatic ring is 1. The van der Waals surface area contributed by atoms with E-state index in [9.17, 15) is 0 Å². The highest BCUT2D eigenvalue weighted by Crippen LogP contribution is 2.28. The largest absolute Gasteiger partial charge is 0.384 e. The molecule has 2 aromatic rings. The van der Waals surface area contributed by atoms with Crippen molar-refractivity contribution in [3.05, 3.63) is 29.3 Å². The molecule has 0 spiro atoms. The van der Waals surface area contributed by atoms with Crippen molar-refractivity contribution in [2.24, 2.45) is 0 Å². The molecule has 0 amide bonds. The number of rotatable bonds is 0. The van der Waals surface area contributed by atoms with Crippen molar-refractivity contribution in [2.45, 2.75) is 0 Å². The minimum absolute atomic E-state index is 0.535. The number of nitrogens with two attached hydrogens (primary N) is 1. The second-order valence-corrected chi connectivity index (χ2v) is 2.78. The molecule has 2 nitrogen and oxygen atoms in total. The van der Waals surface area contributed by atoms with Gasteiger partial charge in [-0.3, -0.25) is 0 Å². The summed E-state index contributed by atoms with van der Waals surface area (Å²) in [5, 5.41) is 1.59. The van der Waals surface area contributed by atoms with Gasteiger partial charge < -0.3 is 10.7 Å². The molecule has 0 bridgehead atoms. The fourth-order valence-electron chi connectivity index (χ4n) is 1.13. The predicted octanol–water partition coefficient (Wildman–Crippen LogP) is 2.40. The average molecular weight is 167 g/mol. The summed E-state index contributed by atoms with van der Waals surface area (Å²) >= 11 is 5.89. The molecule has 0 aliphatic rings. The molecule has 0 saturated heterocycles. The maximum absolute atomic E-state index is 5.89. The number of anilines is 1. The summed E-state index contributed by atoms with van der Waals surface area (Å²) < 4.78 is 0. The first-order chi connectivity index (χ1) is 5.29. The number of aromatic amines is 1. The van der Waals surface area contributed by atoms with Gasteiger partial charge in [0, 0.05) is 10.9 Å². The molecule has 0 fully saturated rings. The van der Waals surface area contributed by atoms with Gasteiger partial charge >= 0.3 is 0 Å². The van der Waals surface area contributed by atoms with E-state index in [0.717, 1.165) is 10.9 Å². The quantitative estimate of drug-likeness (QED) is 0.620. The molecule has 3 heteroatoms. The van der Waals surface area contributed by atoms with Crippen LogP contribution in [0.3, 0.4) is 0 Å². The zero-order chi connectivity index (χ0) is 7.84. The first-order valence-electron chi connectivity index (χ1n) is 3.31. The first-order valence-corrected chi connectivity index (χ1v) is 3.68. The van der Waals surface area contributed by atoms with Crippen LogP contribution in [0.1, 0.15) is 0 Å². The van der Waals surface area contributed by atoms with Gasteiger partial charge in [-0.25, -0.2) is 0 Å². The molecule has 0 aliphatic carbocycles. The van der Waals surface area contributed by atoms with Crippen molar-refractivity contribution in [1.29, 1.82) is 0 Å². The number of para-hydroxylation sites is 1. The van der Waals surface area contributed by atoms with Gasteiger partial charge in [0.1, 0.15) is 5.82 Å². The fraction of sp³-hybridized carbons (Fsp3) is 0. The zero-order valence-corrected chi connectivity index (χ0v) is 6.52. The second kappa shape index (κ2) is 2.17. The lowest BCUT2D eigenvalue weighted by atomic mass is 10.2. The Morgan fingerprint density at radius 2 is 2.00 bits per heavy atom. The van der Waals surface area contributed by atoms with Gasteiger partial charge in [0.05, 0.1) is 5.02 Å². The Labute approximate surface area is 69.0 Å². The van der Waals surface area contributed by atoms with E-state index in [1.165, 1.54) is 0 Å². The average Bonchev–Trinajstić information content (AvgIpc) is 2.30. The summed E-state index contributed by atoms with van der Waals surface area (Å²) in [6, 6.07) is 7.75. The highest BCUT2D eigenvalue weighted by molar-refractivity contribution is 6.38. The zero-order valence-electron chi connectivity index (χ0n) is 5.76. The van der Waals surface area contributed by atoms with Crippen LogP contribution in [0.4, 0.5) is 5.82 Å². The number of nitrogens with one attached hydrogen (secondary N) is 1. The van der Waals surface area contributed by atoms with Crippen molar-refractivity contribution >= 4 is 28.3 Å². The third kappa shape index (κ3) is 0.870. The molecule has 2 rings (SSSR count). The highest BCUT2D eigenvalue weighted by Gasteiger charge is 2.03. The Morgan fingerprint density at radius 1 is 1.27 bits per heavy atom. The molecular formula is C8H7ClN2. The fourth-order valence-corrected chi connectivity index (χ4v) is 1.34. The molecule has 11 heavy (non-hydrogen) atoms. The van der Waals surface area contributed by atoms with Crippen LogP contribution in [-0.2, 0) is 0 Å².